The minimum atomic E-state index is -0.190. The van der Waals surface area contributed by atoms with Crippen LogP contribution in [0.15, 0.2) is 41.2 Å². The minimum absolute atomic E-state index is 0.190. The molecule has 2 aromatic rings. The Labute approximate surface area is 98.5 Å². The van der Waals surface area contributed by atoms with E-state index in [1.54, 1.807) is 7.11 Å². The number of nitrogen functional groups attached to an aromatic ring is 1. The molecule has 0 fully saturated rings. The van der Waals surface area contributed by atoms with E-state index in [0.29, 0.717) is 12.4 Å². The lowest BCUT2D eigenvalue weighted by Crippen LogP contribution is -2.23. The van der Waals surface area contributed by atoms with Crippen molar-refractivity contribution in [3.05, 3.63) is 52.3 Å². The molecular weight excluding hydrogens is 218 g/mol. The van der Waals surface area contributed by atoms with Gasteiger partial charge >= 0.3 is 0 Å². The summed E-state index contributed by atoms with van der Waals surface area (Å²) >= 11 is 0. The third-order valence-corrected chi connectivity index (χ3v) is 2.40. The molecule has 5 heteroatoms. The van der Waals surface area contributed by atoms with Crippen molar-refractivity contribution in [1.29, 1.82) is 0 Å². The molecule has 0 radical (unpaired) electrons. The van der Waals surface area contributed by atoms with Gasteiger partial charge in [0.25, 0.3) is 5.56 Å². The standard InChI is InChI=1S/C12H13N3O2/c1-17-10-5-3-2-4-9(10)8-15-12(16)7-6-11(13)14-15/h2-7H,8H2,1H3,(H2,13,14). The molecule has 0 atom stereocenters. The van der Waals surface area contributed by atoms with Gasteiger partial charge in [0.15, 0.2) is 0 Å². The van der Waals surface area contributed by atoms with Crippen LogP contribution in [0.5, 0.6) is 5.75 Å². The summed E-state index contributed by atoms with van der Waals surface area (Å²) in [5.41, 5.74) is 6.24. The number of rotatable bonds is 3. The second-order valence-corrected chi connectivity index (χ2v) is 3.57. The zero-order valence-corrected chi connectivity index (χ0v) is 9.46. The highest BCUT2D eigenvalue weighted by molar-refractivity contribution is 5.33. The molecule has 0 aliphatic rings. The Morgan fingerprint density at radius 3 is 2.82 bits per heavy atom. The predicted molar refractivity (Wildman–Crippen MR) is 65.0 cm³/mol. The van der Waals surface area contributed by atoms with Gasteiger partial charge in [0.05, 0.1) is 13.7 Å². The summed E-state index contributed by atoms with van der Waals surface area (Å²) in [6.07, 6.45) is 0. The average molecular weight is 231 g/mol. The summed E-state index contributed by atoms with van der Waals surface area (Å²) in [6, 6.07) is 10.4. The van der Waals surface area contributed by atoms with E-state index in [1.165, 1.54) is 16.8 Å². The molecule has 88 valence electrons. The van der Waals surface area contributed by atoms with Crippen LogP contribution in [0.3, 0.4) is 0 Å². The molecule has 2 rings (SSSR count). The van der Waals surface area contributed by atoms with Crippen molar-refractivity contribution < 1.29 is 4.74 Å². The maximum atomic E-state index is 11.6. The largest absolute Gasteiger partial charge is 0.496 e. The molecule has 0 unspecified atom stereocenters. The molecule has 0 aliphatic heterocycles. The number of methoxy groups -OCH3 is 1. The van der Waals surface area contributed by atoms with Gasteiger partial charge in [-0.15, -0.1) is 0 Å². The van der Waals surface area contributed by atoms with E-state index in [9.17, 15) is 4.79 Å². The average Bonchev–Trinajstić information content (AvgIpc) is 2.34. The molecule has 0 saturated heterocycles. The predicted octanol–water partition coefficient (Wildman–Crippen LogP) is 0.882. The maximum Gasteiger partial charge on any atom is 0.267 e. The van der Waals surface area contributed by atoms with Gasteiger partial charge in [-0.05, 0) is 12.1 Å². The molecular formula is C12H13N3O2. The number of para-hydroxylation sites is 1. The first-order valence-corrected chi connectivity index (χ1v) is 5.16. The van der Waals surface area contributed by atoms with Crippen LogP contribution in [0.25, 0.3) is 0 Å². The molecule has 0 amide bonds. The SMILES string of the molecule is COc1ccccc1Cn1nc(N)ccc1=O. The topological polar surface area (TPSA) is 70.1 Å². The van der Waals surface area contributed by atoms with Crippen molar-refractivity contribution in [3.8, 4) is 5.75 Å². The molecule has 0 aliphatic carbocycles. The zero-order chi connectivity index (χ0) is 12.3. The lowest BCUT2D eigenvalue weighted by atomic mass is 10.2. The highest BCUT2D eigenvalue weighted by Crippen LogP contribution is 2.17. The fourth-order valence-corrected chi connectivity index (χ4v) is 1.57. The van der Waals surface area contributed by atoms with E-state index in [-0.39, 0.29) is 5.56 Å². The van der Waals surface area contributed by atoms with Crippen LogP contribution in [0.1, 0.15) is 5.56 Å². The Hall–Kier alpha value is -2.30. The number of nitrogens with zero attached hydrogens (tertiary/aromatic N) is 2. The molecule has 0 saturated carbocycles. The van der Waals surface area contributed by atoms with Crippen LogP contribution in [0.2, 0.25) is 0 Å². The van der Waals surface area contributed by atoms with Crippen LogP contribution in [-0.2, 0) is 6.54 Å². The third-order valence-electron chi connectivity index (χ3n) is 2.40. The maximum absolute atomic E-state index is 11.6. The van der Waals surface area contributed by atoms with Gasteiger partial charge in [-0.25, -0.2) is 4.68 Å². The van der Waals surface area contributed by atoms with Crippen molar-refractivity contribution in [2.24, 2.45) is 0 Å². The first-order valence-electron chi connectivity index (χ1n) is 5.16. The van der Waals surface area contributed by atoms with Gasteiger partial charge in [0, 0.05) is 11.6 Å². The summed E-state index contributed by atoms with van der Waals surface area (Å²) in [7, 11) is 1.59. The van der Waals surface area contributed by atoms with Crippen LogP contribution in [-0.4, -0.2) is 16.9 Å². The number of nitrogens with two attached hydrogens (primary N) is 1. The molecule has 0 spiro atoms. The zero-order valence-electron chi connectivity index (χ0n) is 9.46. The Balaban J connectivity index is 2.37. The number of hydrogen-bond donors (Lipinski definition) is 1. The minimum Gasteiger partial charge on any atom is -0.496 e. The van der Waals surface area contributed by atoms with E-state index >= 15 is 0 Å². The highest BCUT2D eigenvalue weighted by atomic mass is 16.5. The summed E-state index contributed by atoms with van der Waals surface area (Å²) in [5, 5.41) is 3.97. The van der Waals surface area contributed by atoms with Crippen molar-refractivity contribution in [2.75, 3.05) is 12.8 Å². The Morgan fingerprint density at radius 2 is 2.06 bits per heavy atom. The number of benzene rings is 1. The van der Waals surface area contributed by atoms with Crippen molar-refractivity contribution in [2.45, 2.75) is 6.54 Å². The smallest absolute Gasteiger partial charge is 0.267 e. The molecule has 5 nitrogen and oxygen atoms in total. The third kappa shape index (κ3) is 2.44. The second-order valence-electron chi connectivity index (χ2n) is 3.57. The fraction of sp³-hybridized carbons (Fsp3) is 0.167. The van der Waals surface area contributed by atoms with E-state index in [4.69, 9.17) is 10.5 Å². The Bertz CT molecular complexity index is 578. The van der Waals surface area contributed by atoms with Crippen molar-refractivity contribution in [1.82, 2.24) is 9.78 Å². The van der Waals surface area contributed by atoms with Crippen molar-refractivity contribution in [3.63, 3.8) is 0 Å². The monoisotopic (exact) mass is 231 g/mol. The van der Waals surface area contributed by atoms with Gasteiger partial charge < -0.3 is 10.5 Å². The Morgan fingerprint density at radius 1 is 1.29 bits per heavy atom. The number of hydrogen-bond acceptors (Lipinski definition) is 4. The van der Waals surface area contributed by atoms with E-state index in [0.717, 1.165) is 11.3 Å². The van der Waals surface area contributed by atoms with Gasteiger partial charge in [-0.2, -0.15) is 5.10 Å². The highest BCUT2D eigenvalue weighted by Gasteiger charge is 2.04. The fourth-order valence-electron chi connectivity index (χ4n) is 1.57. The second kappa shape index (κ2) is 4.69. The number of aromatic nitrogens is 2. The van der Waals surface area contributed by atoms with E-state index in [2.05, 4.69) is 5.10 Å². The lowest BCUT2D eigenvalue weighted by molar-refractivity contribution is 0.407. The summed E-state index contributed by atoms with van der Waals surface area (Å²) < 4.78 is 6.53. The number of anilines is 1. The summed E-state index contributed by atoms with van der Waals surface area (Å²) in [6.45, 7) is 0.341. The van der Waals surface area contributed by atoms with E-state index in [1.807, 2.05) is 24.3 Å². The van der Waals surface area contributed by atoms with Crippen LogP contribution in [0, 0.1) is 0 Å². The molecule has 1 aromatic carbocycles. The van der Waals surface area contributed by atoms with Gasteiger partial charge in [-0.3, -0.25) is 4.79 Å². The Kier molecular flexibility index (Phi) is 3.09. The van der Waals surface area contributed by atoms with Crippen LogP contribution < -0.4 is 16.0 Å². The van der Waals surface area contributed by atoms with Crippen LogP contribution >= 0.6 is 0 Å². The quantitative estimate of drug-likeness (QED) is 0.851. The van der Waals surface area contributed by atoms with Crippen molar-refractivity contribution >= 4 is 5.82 Å². The lowest BCUT2D eigenvalue weighted by Gasteiger charge is -2.09. The first-order chi connectivity index (χ1) is 8.20. The number of ether oxygens (including phenoxy) is 1. The van der Waals surface area contributed by atoms with E-state index < -0.39 is 0 Å². The van der Waals surface area contributed by atoms with Gasteiger partial charge in [-0.1, -0.05) is 18.2 Å². The van der Waals surface area contributed by atoms with Gasteiger partial charge in [0.1, 0.15) is 11.6 Å². The van der Waals surface area contributed by atoms with Gasteiger partial charge in [0.2, 0.25) is 0 Å². The molecule has 1 aromatic heterocycles. The first kappa shape index (κ1) is 11.2. The molecule has 2 N–H and O–H groups in total. The molecule has 0 bridgehead atoms. The summed E-state index contributed by atoms with van der Waals surface area (Å²) in [4.78, 5) is 11.6. The molecule has 17 heavy (non-hydrogen) atoms. The molecule has 1 heterocycles. The van der Waals surface area contributed by atoms with Crippen LogP contribution in [0.4, 0.5) is 5.82 Å². The normalized spacial score (nSPS) is 10.2. The summed E-state index contributed by atoms with van der Waals surface area (Å²) in [5.74, 6) is 1.04.